The Hall–Kier alpha value is -2.00. The molecule has 1 heterocycles. The normalized spacial score (nSPS) is 14.8. The van der Waals surface area contributed by atoms with Crippen LogP contribution in [0.3, 0.4) is 0 Å². The molecule has 1 atom stereocenters. The van der Waals surface area contributed by atoms with Gasteiger partial charge in [-0.25, -0.2) is 0 Å². The number of hydrogen-bond acceptors (Lipinski definition) is 3. The second-order valence-electron chi connectivity index (χ2n) is 5.41. The Labute approximate surface area is 125 Å². The summed E-state index contributed by atoms with van der Waals surface area (Å²) < 4.78 is 11.3. The lowest BCUT2D eigenvalue weighted by Gasteiger charge is -2.23. The molecule has 3 rings (SSSR count). The Kier molecular flexibility index (Phi) is 3.84. The Morgan fingerprint density at radius 2 is 1.76 bits per heavy atom. The highest BCUT2D eigenvalue weighted by atomic mass is 16.6. The smallest absolute Gasteiger partial charge is 0.161 e. The maximum absolute atomic E-state index is 5.70. The van der Waals surface area contributed by atoms with Gasteiger partial charge < -0.3 is 14.8 Å². The summed E-state index contributed by atoms with van der Waals surface area (Å²) in [4.78, 5) is 0. The van der Waals surface area contributed by atoms with Crippen LogP contribution in [0.4, 0.5) is 0 Å². The zero-order valence-electron chi connectivity index (χ0n) is 12.8. The fourth-order valence-corrected chi connectivity index (χ4v) is 2.83. The Morgan fingerprint density at radius 1 is 1.00 bits per heavy atom. The van der Waals surface area contributed by atoms with E-state index in [-0.39, 0.29) is 6.04 Å². The summed E-state index contributed by atoms with van der Waals surface area (Å²) in [6.07, 6.45) is 0. The largest absolute Gasteiger partial charge is 0.486 e. The third-order valence-electron chi connectivity index (χ3n) is 4.15. The van der Waals surface area contributed by atoms with Gasteiger partial charge in [-0.3, -0.25) is 0 Å². The Bertz CT molecular complexity index is 652. The van der Waals surface area contributed by atoms with Crippen molar-refractivity contribution < 1.29 is 9.47 Å². The molecule has 3 nitrogen and oxygen atoms in total. The van der Waals surface area contributed by atoms with Gasteiger partial charge in [-0.2, -0.15) is 0 Å². The van der Waals surface area contributed by atoms with E-state index in [1.807, 2.05) is 13.1 Å². The molecule has 0 saturated heterocycles. The van der Waals surface area contributed by atoms with Crippen LogP contribution in [-0.4, -0.2) is 20.3 Å². The molecule has 0 amide bonds. The van der Waals surface area contributed by atoms with Crippen molar-refractivity contribution in [3.8, 4) is 11.5 Å². The zero-order valence-corrected chi connectivity index (χ0v) is 12.8. The van der Waals surface area contributed by atoms with Crippen LogP contribution >= 0.6 is 0 Å². The van der Waals surface area contributed by atoms with Gasteiger partial charge in [0.05, 0.1) is 6.04 Å². The highest BCUT2D eigenvalue weighted by Crippen LogP contribution is 2.35. The molecular formula is C18H21NO2. The molecule has 0 aromatic heterocycles. The molecule has 2 aromatic rings. The van der Waals surface area contributed by atoms with Crippen molar-refractivity contribution in [3.63, 3.8) is 0 Å². The van der Waals surface area contributed by atoms with Crippen LogP contribution in [0.5, 0.6) is 11.5 Å². The summed E-state index contributed by atoms with van der Waals surface area (Å²) in [5.74, 6) is 1.67. The van der Waals surface area contributed by atoms with Crippen molar-refractivity contribution in [1.82, 2.24) is 5.32 Å². The standard InChI is InChI=1S/C18H21NO2/c1-12-5-4-6-15(13(12)2)18(19-3)14-7-8-16-17(11-14)21-10-9-20-16/h4-8,11,18-19H,9-10H2,1-3H3. The Morgan fingerprint density at radius 3 is 2.52 bits per heavy atom. The molecule has 1 aliphatic rings. The number of nitrogens with one attached hydrogen (secondary N) is 1. The van der Waals surface area contributed by atoms with Gasteiger partial charge in [0.25, 0.3) is 0 Å². The lowest BCUT2D eigenvalue weighted by molar-refractivity contribution is 0.171. The monoisotopic (exact) mass is 283 g/mol. The third kappa shape index (κ3) is 2.61. The van der Waals surface area contributed by atoms with Crippen molar-refractivity contribution >= 4 is 0 Å². The van der Waals surface area contributed by atoms with Gasteiger partial charge in [-0.1, -0.05) is 24.3 Å². The molecule has 0 spiro atoms. The SMILES string of the molecule is CNC(c1ccc2c(c1)OCCO2)c1cccc(C)c1C. The fraction of sp³-hybridized carbons (Fsp3) is 0.333. The van der Waals surface area contributed by atoms with Crippen molar-refractivity contribution in [1.29, 1.82) is 0 Å². The summed E-state index contributed by atoms with van der Waals surface area (Å²) in [7, 11) is 1.99. The zero-order chi connectivity index (χ0) is 14.8. The van der Waals surface area contributed by atoms with E-state index in [0.717, 1.165) is 11.5 Å². The first kappa shape index (κ1) is 14.0. The molecule has 110 valence electrons. The molecule has 0 radical (unpaired) electrons. The summed E-state index contributed by atoms with van der Waals surface area (Å²) in [5, 5.41) is 3.41. The van der Waals surface area contributed by atoms with E-state index < -0.39 is 0 Å². The van der Waals surface area contributed by atoms with E-state index in [1.165, 1.54) is 22.3 Å². The van der Waals surface area contributed by atoms with Crippen molar-refractivity contribution in [2.75, 3.05) is 20.3 Å². The number of ether oxygens (including phenoxy) is 2. The second kappa shape index (κ2) is 5.78. The van der Waals surface area contributed by atoms with E-state index in [9.17, 15) is 0 Å². The van der Waals surface area contributed by atoms with Gasteiger partial charge in [0.1, 0.15) is 13.2 Å². The maximum Gasteiger partial charge on any atom is 0.161 e. The second-order valence-corrected chi connectivity index (χ2v) is 5.41. The van der Waals surface area contributed by atoms with E-state index in [2.05, 4.69) is 49.5 Å². The highest BCUT2D eigenvalue weighted by molar-refractivity contribution is 5.48. The first-order valence-electron chi connectivity index (χ1n) is 7.33. The molecule has 21 heavy (non-hydrogen) atoms. The van der Waals surface area contributed by atoms with E-state index in [1.54, 1.807) is 0 Å². The van der Waals surface area contributed by atoms with Crippen LogP contribution in [0.25, 0.3) is 0 Å². The average Bonchev–Trinajstić information content (AvgIpc) is 2.52. The third-order valence-corrected chi connectivity index (χ3v) is 4.15. The highest BCUT2D eigenvalue weighted by Gasteiger charge is 2.18. The topological polar surface area (TPSA) is 30.5 Å². The average molecular weight is 283 g/mol. The predicted octanol–water partition coefficient (Wildman–Crippen LogP) is 3.38. The van der Waals surface area contributed by atoms with E-state index >= 15 is 0 Å². The quantitative estimate of drug-likeness (QED) is 0.936. The minimum Gasteiger partial charge on any atom is -0.486 e. The van der Waals surface area contributed by atoms with Gasteiger partial charge in [0.15, 0.2) is 11.5 Å². The molecule has 3 heteroatoms. The van der Waals surface area contributed by atoms with Gasteiger partial charge in [0.2, 0.25) is 0 Å². The Balaban J connectivity index is 2.02. The van der Waals surface area contributed by atoms with Crippen molar-refractivity contribution in [2.24, 2.45) is 0 Å². The molecule has 0 aliphatic carbocycles. The number of hydrogen-bond donors (Lipinski definition) is 1. The summed E-state index contributed by atoms with van der Waals surface area (Å²) >= 11 is 0. The molecule has 1 N–H and O–H groups in total. The van der Waals surface area contributed by atoms with Crippen molar-refractivity contribution in [3.05, 3.63) is 58.7 Å². The van der Waals surface area contributed by atoms with Crippen LogP contribution in [0.2, 0.25) is 0 Å². The minimum atomic E-state index is 0.153. The molecule has 1 aliphatic heterocycles. The molecule has 0 bridgehead atoms. The number of benzene rings is 2. The van der Waals surface area contributed by atoms with Crippen LogP contribution < -0.4 is 14.8 Å². The fourth-order valence-electron chi connectivity index (χ4n) is 2.83. The van der Waals surface area contributed by atoms with Gasteiger partial charge in [0, 0.05) is 0 Å². The summed E-state index contributed by atoms with van der Waals surface area (Å²) in [5.41, 5.74) is 5.13. The molecule has 0 fully saturated rings. The van der Waals surface area contributed by atoms with Gasteiger partial charge >= 0.3 is 0 Å². The molecule has 2 aromatic carbocycles. The van der Waals surface area contributed by atoms with Crippen LogP contribution in [0, 0.1) is 13.8 Å². The van der Waals surface area contributed by atoms with Gasteiger partial charge in [-0.05, 0) is 55.3 Å². The van der Waals surface area contributed by atoms with E-state index in [0.29, 0.717) is 13.2 Å². The summed E-state index contributed by atoms with van der Waals surface area (Å²) in [6.45, 7) is 5.56. The summed E-state index contributed by atoms with van der Waals surface area (Å²) in [6, 6.07) is 12.8. The maximum atomic E-state index is 5.70. The van der Waals surface area contributed by atoms with Crippen LogP contribution in [0.1, 0.15) is 28.3 Å². The lowest BCUT2D eigenvalue weighted by atomic mass is 9.92. The molecule has 1 unspecified atom stereocenters. The predicted molar refractivity (Wildman–Crippen MR) is 84.3 cm³/mol. The van der Waals surface area contributed by atoms with E-state index in [4.69, 9.17) is 9.47 Å². The van der Waals surface area contributed by atoms with Crippen LogP contribution in [0.15, 0.2) is 36.4 Å². The number of fused-ring (bicyclic) bond motifs is 1. The minimum absolute atomic E-state index is 0.153. The van der Waals surface area contributed by atoms with Crippen LogP contribution in [-0.2, 0) is 0 Å². The number of rotatable bonds is 3. The van der Waals surface area contributed by atoms with Crippen molar-refractivity contribution in [2.45, 2.75) is 19.9 Å². The first-order chi connectivity index (χ1) is 10.2. The number of aryl methyl sites for hydroxylation is 1. The first-order valence-corrected chi connectivity index (χ1v) is 7.33. The van der Waals surface area contributed by atoms with Gasteiger partial charge in [-0.15, -0.1) is 0 Å². The molecule has 0 saturated carbocycles. The molecular weight excluding hydrogens is 262 g/mol. The lowest BCUT2D eigenvalue weighted by Crippen LogP contribution is -2.20.